The Bertz CT molecular complexity index is 1040. The van der Waals surface area contributed by atoms with E-state index in [1.165, 1.54) is 0 Å². The Hall–Kier alpha value is -0.740. The summed E-state index contributed by atoms with van der Waals surface area (Å²) in [7, 11) is -4.06. The number of rotatable bonds is 6. The molecular formula is C31H53NO7S. The topological polar surface area (TPSA) is 135 Å². The van der Waals surface area contributed by atoms with Crippen LogP contribution in [0.25, 0.3) is 0 Å². The van der Waals surface area contributed by atoms with Crippen molar-refractivity contribution >= 4 is 16.0 Å². The summed E-state index contributed by atoms with van der Waals surface area (Å²) in [5, 5.41) is 33.5. The summed E-state index contributed by atoms with van der Waals surface area (Å²) in [5.41, 5.74) is -0.265. The van der Waals surface area contributed by atoms with Gasteiger partial charge in [-0.15, -0.1) is 0 Å². The summed E-state index contributed by atoms with van der Waals surface area (Å²) in [6, 6.07) is 0. The Morgan fingerprint density at radius 3 is 2.27 bits per heavy atom. The monoisotopic (exact) mass is 583 g/mol. The van der Waals surface area contributed by atoms with Gasteiger partial charge in [-0.1, -0.05) is 34.1 Å². The molecule has 5 rings (SSSR count). The van der Waals surface area contributed by atoms with Gasteiger partial charge in [-0.3, -0.25) is 9.35 Å². The fraction of sp³-hybridized carbons (Fsp3) is 0.968. The molecule has 40 heavy (non-hydrogen) atoms. The molecule has 4 aliphatic carbocycles. The standard InChI is InChI=1S/C31H53NO7S/c1-5-21-24-16-19(33)10-13-30(24,3)25-17-26(34)31(4)22(7-8-23(31)28(25)29(21)36)18(2)6-9-27(35)32-14-11-20(12-15-32)40(37,38)39/h18-26,28-29,33-34,36H,5-17H2,1-4H3,(H,37,38,39)/t18-,19-,21-,22-,23+,24+,25+,26+,28+,29-,30+,31-/m1/s1. The minimum atomic E-state index is -4.06. The number of likely N-dealkylation sites (tertiary alicyclic amines) is 1. The molecule has 0 bridgehead atoms. The third kappa shape index (κ3) is 4.97. The van der Waals surface area contributed by atoms with E-state index in [2.05, 4.69) is 27.7 Å². The van der Waals surface area contributed by atoms with Gasteiger partial charge in [0.15, 0.2) is 0 Å². The van der Waals surface area contributed by atoms with E-state index in [1.807, 2.05) is 0 Å². The zero-order valence-electron chi connectivity index (χ0n) is 24.9. The van der Waals surface area contributed by atoms with E-state index >= 15 is 0 Å². The average molecular weight is 584 g/mol. The van der Waals surface area contributed by atoms with Gasteiger partial charge in [0, 0.05) is 19.5 Å². The highest BCUT2D eigenvalue weighted by molar-refractivity contribution is 7.86. The minimum absolute atomic E-state index is 0.0328. The molecule has 4 saturated carbocycles. The molecule has 0 aromatic carbocycles. The predicted octanol–water partition coefficient (Wildman–Crippen LogP) is 3.88. The molecule has 0 aromatic heterocycles. The molecular weight excluding hydrogens is 530 g/mol. The van der Waals surface area contributed by atoms with E-state index in [0.717, 1.165) is 44.9 Å². The fourth-order valence-electron chi connectivity index (χ4n) is 11.0. The number of nitrogens with zero attached hydrogens (tertiary/aromatic N) is 1. The first kappa shape index (κ1) is 30.7. The lowest BCUT2D eigenvalue weighted by Gasteiger charge is -2.65. The third-order valence-corrected chi connectivity index (χ3v) is 14.6. The lowest BCUT2D eigenvalue weighted by atomic mass is 9.41. The lowest BCUT2D eigenvalue weighted by Crippen LogP contribution is -2.65. The molecule has 230 valence electrons. The second kappa shape index (κ2) is 11.1. The van der Waals surface area contributed by atoms with Crippen molar-refractivity contribution < 1.29 is 33.1 Å². The maximum atomic E-state index is 13.0. The molecule has 1 saturated heterocycles. The molecule has 8 nitrogen and oxygen atoms in total. The van der Waals surface area contributed by atoms with Crippen LogP contribution in [0.4, 0.5) is 0 Å². The highest BCUT2D eigenvalue weighted by Crippen LogP contribution is 2.69. The summed E-state index contributed by atoms with van der Waals surface area (Å²) in [6.45, 7) is 9.73. The quantitative estimate of drug-likeness (QED) is 0.349. The van der Waals surface area contributed by atoms with E-state index < -0.39 is 27.6 Å². The van der Waals surface area contributed by atoms with Gasteiger partial charge >= 0.3 is 0 Å². The number of hydrogen-bond donors (Lipinski definition) is 4. The first-order valence-corrected chi connectivity index (χ1v) is 17.5. The maximum Gasteiger partial charge on any atom is 0.267 e. The molecule has 1 aliphatic heterocycles. The number of aliphatic hydroxyl groups is 3. The van der Waals surface area contributed by atoms with Crippen molar-refractivity contribution in [3.63, 3.8) is 0 Å². The van der Waals surface area contributed by atoms with Crippen LogP contribution in [0.3, 0.4) is 0 Å². The van der Waals surface area contributed by atoms with Crippen LogP contribution >= 0.6 is 0 Å². The molecule has 1 amide bonds. The largest absolute Gasteiger partial charge is 0.393 e. The van der Waals surface area contributed by atoms with Gasteiger partial charge in [0.2, 0.25) is 5.91 Å². The van der Waals surface area contributed by atoms with Crippen LogP contribution < -0.4 is 0 Å². The van der Waals surface area contributed by atoms with Crippen LogP contribution in [-0.4, -0.2) is 75.7 Å². The van der Waals surface area contributed by atoms with Crippen LogP contribution in [0, 0.1) is 52.3 Å². The van der Waals surface area contributed by atoms with Crippen molar-refractivity contribution in [2.24, 2.45) is 52.3 Å². The van der Waals surface area contributed by atoms with Gasteiger partial charge in [0.25, 0.3) is 10.1 Å². The molecule has 0 spiro atoms. The van der Waals surface area contributed by atoms with Gasteiger partial charge in [0.1, 0.15) is 0 Å². The summed E-state index contributed by atoms with van der Waals surface area (Å²) in [5.74, 6) is 1.70. The van der Waals surface area contributed by atoms with Gasteiger partial charge in [0.05, 0.1) is 23.6 Å². The van der Waals surface area contributed by atoms with E-state index in [1.54, 1.807) is 4.90 Å². The highest BCUT2D eigenvalue weighted by Gasteiger charge is 2.67. The molecule has 0 radical (unpaired) electrons. The van der Waals surface area contributed by atoms with E-state index in [4.69, 9.17) is 0 Å². The zero-order chi connectivity index (χ0) is 29.2. The lowest BCUT2D eigenvalue weighted by molar-refractivity contribution is -0.228. The normalized spacial score (nSPS) is 46.8. The van der Waals surface area contributed by atoms with Crippen molar-refractivity contribution in [1.82, 2.24) is 4.90 Å². The van der Waals surface area contributed by atoms with Gasteiger partial charge in [-0.25, -0.2) is 0 Å². The maximum absolute atomic E-state index is 13.0. The Kier molecular flexibility index (Phi) is 8.50. The van der Waals surface area contributed by atoms with Gasteiger partial charge < -0.3 is 20.2 Å². The van der Waals surface area contributed by atoms with Crippen molar-refractivity contribution in [1.29, 1.82) is 0 Å². The fourth-order valence-corrected chi connectivity index (χ4v) is 11.8. The van der Waals surface area contributed by atoms with Crippen LogP contribution in [-0.2, 0) is 14.9 Å². The van der Waals surface area contributed by atoms with E-state index in [9.17, 15) is 33.1 Å². The van der Waals surface area contributed by atoms with Gasteiger partial charge in [-0.05, 0) is 110 Å². The molecule has 1 heterocycles. The first-order chi connectivity index (χ1) is 18.7. The van der Waals surface area contributed by atoms with Crippen molar-refractivity contribution in [3.05, 3.63) is 0 Å². The number of hydrogen-bond acceptors (Lipinski definition) is 6. The average Bonchev–Trinajstić information content (AvgIpc) is 3.27. The zero-order valence-corrected chi connectivity index (χ0v) is 25.7. The Morgan fingerprint density at radius 2 is 1.65 bits per heavy atom. The van der Waals surface area contributed by atoms with Crippen molar-refractivity contribution in [3.8, 4) is 0 Å². The number of carbonyl (C=O) groups is 1. The van der Waals surface area contributed by atoms with Crippen LogP contribution in [0.15, 0.2) is 0 Å². The number of amides is 1. The second-order valence-corrected chi connectivity index (χ2v) is 16.5. The molecule has 5 aliphatic rings. The molecule has 0 unspecified atom stereocenters. The molecule has 9 heteroatoms. The van der Waals surface area contributed by atoms with E-state index in [0.29, 0.717) is 31.8 Å². The summed E-state index contributed by atoms with van der Waals surface area (Å²) in [6.07, 6.45) is 6.68. The molecule has 0 aromatic rings. The van der Waals surface area contributed by atoms with Crippen LogP contribution in [0.2, 0.25) is 0 Å². The SMILES string of the molecule is CC[C@H]1[C@@H](O)[C@@H]2[C@H](C[C@H](O)[C@]3(C)[C@@H]([C@H](C)CCC(=O)N4CCC(S(=O)(=O)O)CC4)CC[C@@H]23)[C@@]2(C)CC[C@@H](O)C[C@@H]12. The highest BCUT2D eigenvalue weighted by atomic mass is 32.2. The molecule has 5 fully saturated rings. The predicted molar refractivity (Wildman–Crippen MR) is 153 cm³/mol. The van der Waals surface area contributed by atoms with Crippen molar-refractivity contribution in [2.75, 3.05) is 13.1 Å². The first-order valence-electron chi connectivity index (χ1n) is 16.0. The number of fused-ring (bicyclic) bond motifs is 5. The number of piperidine rings is 1. The summed E-state index contributed by atoms with van der Waals surface area (Å²) < 4.78 is 32.2. The van der Waals surface area contributed by atoms with Crippen molar-refractivity contribution in [2.45, 2.75) is 122 Å². The third-order valence-electron chi connectivity index (χ3n) is 13.3. The Morgan fingerprint density at radius 1 is 0.975 bits per heavy atom. The number of aliphatic hydroxyl groups excluding tert-OH is 3. The van der Waals surface area contributed by atoms with Gasteiger partial charge in [-0.2, -0.15) is 8.42 Å². The minimum Gasteiger partial charge on any atom is -0.393 e. The second-order valence-electron chi connectivity index (χ2n) is 14.8. The molecule has 4 N–H and O–H groups in total. The summed E-state index contributed by atoms with van der Waals surface area (Å²) >= 11 is 0. The Balaban J connectivity index is 1.28. The summed E-state index contributed by atoms with van der Waals surface area (Å²) in [4.78, 5) is 14.7. The van der Waals surface area contributed by atoms with E-state index in [-0.39, 0.29) is 71.2 Å². The number of carbonyl (C=O) groups excluding carboxylic acids is 1. The van der Waals surface area contributed by atoms with Crippen LogP contribution in [0.5, 0.6) is 0 Å². The van der Waals surface area contributed by atoms with Crippen LogP contribution in [0.1, 0.15) is 98.3 Å². The Labute approximate surface area is 241 Å². The molecule has 12 atom stereocenters. The smallest absolute Gasteiger partial charge is 0.267 e.